The average molecular weight is 312 g/mol. The first kappa shape index (κ1) is 21.1. The molecule has 0 unspecified atom stereocenters. The number of hydrogen-bond donors (Lipinski definition) is 2. The summed E-state index contributed by atoms with van der Waals surface area (Å²) in [4.78, 5) is 13.8. The van der Waals surface area contributed by atoms with Gasteiger partial charge in [-0.3, -0.25) is 9.69 Å². The molecule has 0 saturated carbocycles. The molecule has 1 amide bonds. The first-order valence-electron chi connectivity index (χ1n) is 8.91. The van der Waals surface area contributed by atoms with E-state index in [-0.39, 0.29) is 5.91 Å². The highest BCUT2D eigenvalue weighted by molar-refractivity contribution is 5.75. The molecule has 0 aromatic carbocycles. The molecular formula is C18H36N2O2. The summed E-state index contributed by atoms with van der Waals surface area (Å²) in [5.74, 6) is 0.136. The smallest absolute Gasteiger partial charge is 0.221 e. The molecule has 0 aromatic heterocycles. The zero-order valence-corrected chi connectivity index (χ0v) is 14.6. The Labute approximate surface area is 137 Å². The molecule has 0 aliphatic carbocycles. The van der Waals surface area contributed by atoms with Crippen LogP contribution in [0.1, 0.15) is 71.1 Å². The molecule has 0 fully saturated rings. The van der Waals surface area contributed by atoms with Crippen molar-refractivity contribution >= 4 is 5.91 Å². The van der Waals surface area contributed by atoms with Crippen LogP contribution in [0.4, 0.5) is 0 Å². The van der Waals surface area contributed by atoms with Crippen molar-refractivity contribution in [2.75, 3.05) is 26.9 Å². The van der Waals surface area contributed by atoms with E-state index in [1.165, 1.54) is 25.7 Å². The summed E-state index contributed by atoms with van der Waals surface area (Å²) in [7, 11) is 2.05. The molecule has 130 valence electrons. The van der Waals surface area contributed by atoms with Gasteiger partial charge < -0.3 is 10.4 Å². The Bertz CT molecular complexity index is 280. The number of carbonyl (C=O) groups excluding carboxylic acids is 1. The number of nitrogens with one attached hydrogen (secondary N) is 1. The van der Waals surface area contributed by atoms with Gasteiger partial charge in [-0.2, -0.15) is 0 Å². The number of aliphatic hydroxyl groups excluding tert-OH is 1. The fourth-order valence-electron chi connectivity index (χ4n) is 2.21. The molecule has 0 aliphatic rings. The van der Waals surface area contributed by atoms with Gasteiger partial charge in [-0.05, 0) is 39.3 Å². The topological polar surface area (TPSA) is 52.6 Å². The molecule has 0 heterocycles. The number of aliphatic hydroxyl groups is 1. The van der Waals surface area contributed by atoms with E-state index in [1.807, 2.05) is 7.05 Å². The molecule has 0 radical (unpaired) electrons. The molecule has 0 atom stereocenters. The van der Waals surface area contributed by atoms with Gasteiger partial charge >= 0.3 is 0 Å². The Balaban J connectivity index is 3.40. The van der Waals surface area contributed by atoms with Gasteiger partial charge in [0.2, 0.25) is 5.91 Å². The molecule has 4 nitrogen and oxygen atoms in total. The second-order valence-electron chi connectivity index (χ2n) is 5.98. The number of carbonyl (C=O) groups is 1. The minimum Gasteiger partial charge on any atom is -0.396 e. The zero-order chi connectivity index (χ0) is 16.5. The first-order valence-corrected chi connectivity index (χ1v) is 8.91. The fraction of sp³-hybridized carbons (Fsp3) is 0.833. The van der Waals surface area contributed by atoms with E-state index in [4.69, 9.17) is 5.11 Å². The van der Waals surface area contributed by atoms with Gasteiger partial charge in [0.15, 0.2) is 0 Å². The van der Waals surface area contributed by atoms with Gasteiger partial charge in [0.05, 0.1) is 6.67 Å². The average Bonchev–Trinajstić information content (AvgIpc) is 2.52. The van der Waals surface area contributed by atoms with Crippen LogP contribution in [-0.2, 0) is 4.79 Å². The number of allylic oxidation sites excluding steroid dienone is 2. The number of rotatable bonds is 15. The van der Waals surface area contributed by atoms with Crippen LogP contribution in [0.2, 0.25) is 0 Å². The number of hydrogen-bond acceptors (Lipinski definition) is 3. The van der Waals surface area contributed by atoms with Gasteiger partial charge in [-0.25, -0.2) is 0 Å². The van der Waals surface area contributed by atoms with Crippen molar-refractivity contribution in [3.63, 3.8) is 0 Å². The molecule has 0 rings (SSSR count). The Morgan fingerprint density at radius 3 is 2.36 bits per heavy atom. The van der Waals surface area contributed by atoms with E-state index in [9.17, 15) is 4.79 Å². The highest BCUT2D eigenvalue weighted by atomic mass is 16.2. The minimum absolute atomic E-state index is 0.136. The molecule has 0 bridgehead atoms. The third-order valence-electron chi connectivity index (χ3n) is 3.65. The van der Waals surface area contributed by atoms with Crippen LogP contribution in [-0.4, -0.2) is 42.8 Å². The molecule has 0 saturated heterocycles. The molecule has 0 aliphatic heterocycles. The minimum atomic E-state index is 0.136. The van der Waals surface area contributed by atoms with Gasteiger partial charge in [0.25, 0.3) is 0 Å². The van der Waals surface area contributed by atoms with Crippen LogP contribution < -0.4 is 5.32 Å². The van der Waals surface area contributed by atoms with Crippen molar-refractivity contribution in [3.8, 4) is 0 Å². The van der Waals surface area contributed by atoms with E-state index in [0.29, 0.717) is 19.7 Å². The Hall–Kier alpha value is -0.870. The second-order valence-corrected chi connectivity index (χ2v) is 5.98. The van der Waals surface area contributed by atoms with E-state index in [0.717, 1.165) is 38.6 Å². The van der Waals surface area contributed by atoms with Crippen molar-refractivity contribution in [2.45, 2.75) is 71.1 Å². The monoisotopic (exact) mass is 312 g/mol. The highest BCUT2D eigenvalue weighted by Crippen LogP contribution is 2.05. The van der Waals surface area contributed by atoms with Crippen LogP contribution in [0.5, 0.6) is 0 Å². The largest absolute Gasteiger partial charge is 0.396 e. The van der Waals surface area contributed by atoms with E-state index >= 15 is 0 Å². The lowest BCUT2D eigenvalue weighted by atomic mass is 10.1. The molecule has 2 N–H and O–H groups in total. The summed E-state index contributed by atoms with van der Waals surface area (Å²) in [6.45, 7) is 4.14. The molecule has 0 spiro atoms. The maximum absolute atomic E-state index is 11.7. The number of nitrogens with zero attached hydrogens (tertiary/aromatic N) is 1. The summed E-state index contributed by atoms with van der Waals surface area (Å²) in [5.41, 5.74) is 0. The normalized spacial score (nSPS) is 11.5. The maximum Gasteiger partial charge on any atom is 0.221 e. The standard InChI is InChI=1S/C18H36N2O2/c1-3-4-5-8-11-14-18(22)19-17-20(2)15-12-9-6-7-10-13-16-21/h5,8,21H,3-4,6-7,9-17H2,1-2H3,(H,19,22)/b8-5+. The summed E-state index contributed by atoms with van der Waals surface area (Å²) in [6.07, 6.45) is 14.9. The van der Waals surface area contributed by atoms with Gasteiger partial charge in [0.1, 0.15) is 0 Å². The number of amides is 1. The van der Waals surface area contributed by atoms with Gasteiger partial charge in [0, 0.05) is 13.0 Å². The van der Waals surface area contributed by atoms with Crippen molar-refractivity contribution in [3.05, 3.63) is 12.2 Å². The van der Waals surface area contributed by atoms with Gasteiger partial charge in [-0.1, -0.05) is 51.2 Å². The van der Waals surface area contributed by atoms with E-state index in [2.05, 4.69) is 29.3 Å². The number of unbranched alkanes of at least 4 members (excludes halogenated alkanes) is 6. The van der Waals surface area contributed by atoms with Crippen LogP contribution in [0, 0.1) is 0 Å². The summed E-state index contributed by atoms with van der Waals surface area (Å²) < 4.78 is 0. The molecule has 22 heavy (non-hydrogen) atoms. The Morgan fingerprint density at radius 1 is 1.05 bits per heavy atom. The fourth-order valence-corrected chi connectivity index (χ4v) is 2.21. The van der Waals surface area contributed by atoms with Crippen LogP contribution >= 0.6 is 0 Å². The summed E-state index contributed by atoms with van der Waals surface area (Å²) in [6, 6.07) is 0. The van der Waals surface area contributed by atoms with E-state index in [1.54, 1.807) is 0 Å². The van der Waals surface area contributed by atoms with Crippen LogP contribution in [0.15, 0.2) is 12.2 Å². The lowest BCUT2D eigenvalue weighted by molar-refractivity contribution is -0.121. The predicted octanol–water partition coefficient (Wildman–Crippen LogP) is 3.46. The maximum atomic E-state index is 11.7. The zero-order valence-electron chi connectivity index (χ0n) is 14.6. The van der Waals surface area contributed by atoms with Crippen molar-refractivity contribution in [2.24, 2.45) is 0 Å². The molecular weight excluding hydrogens is 276 g/mol. The SMILES string of the molecule is CCC/C=C/CCC(=O)NCN(C)CCCCCCCCO. The third kappa shape index (κ3) is 15.5. The Morgan fingerprint density at radius 2 is 1.68 bits per heavy atom. The lowest BCUT2D eigenvalue weighted by Gasteiger charge is -2.17. The quantitative estimate of drug-likeness (QED) is 0.277. The highest BCUT2D eigenvalue weighted by Gasteiger charge is 2.02. The van der Waals surface area contributed by atoms with Crippen LogP contribution in [0.25, 0.3) is 0 Å². The summed E-state index contributed by atoms with van der Waals surface area (Å²) in [5, 5.41) is 11.7. The lowest BCUT2D eigenvalue weighted by Crippen LogP contribution is -2.35. The van der Waals surface area contributed by atoms with Crippen molar-refractivity contribution in [1.29, 1.82) is 0 Å². The molecule has 0 aromatic rings. The predicted molar refractivity (Wildman–Crippen MR) is 93.7 cm³/mol. The van der Waals surface area contributed by atoms with Crippen molar-refractivity contribution in [1.82, 2.24) is 10.2 Å². The summed E-state index contributed by atoms with van der Waals surface area (Å²) >= 11 is 0. The van der Waals surface area contributed by atoms with Gasteiger partial charge in [-0.15, -0.1) is 0 Å². The molecule has 4 heteroatoms. The second kappa shape index (κ2) is 16.5. The Kier molecular flexibility index (Phi) is 15.8. The van der Waals surface area contributed by atoms with Crippen molar-refractivity contribution < 1.29 is 9.90 Å². The van der Waals surface area contributed by atoms with E-state index < -0.39 is 0 Å². The third-order valence-corrected chi connectivity index (χ3v) is 3.65. The first-order chi connectivity index (χ1) is 10.7. The van der Waals surface area contributed by atoms with Crippen LogP contribution in [0.3, 0.4) is 0 Å².